The van der Waals surface area contributed by atoms with Crippen LogP contribution in [0.3, 0.4) is 0 Å². The van der Waals surface area contributed by atoms with Crippen molar-refractivity contribution in [2.75, 3.05) is 13.6 Å². The lowest BCUT2D eigenvalue weighted by Crippen LogP contribution is -2.56. The van der Waals surface area contributed by atoms with Crippen LogP contribution >= 0.6 is 0 Å². The summed E-state index contributed by atoms with van der Waals surface area (Å²) in [7, 11) is 1.79. The van der Waals surface area contributed by atoms with Gasteiger partial charge in [-0.05, 0) is 12.1 Å². The number of piperidine rings is 1. The molecule has 0 N–H and O–H groups in total. The van der Waals surface area contributed by atoms with E-state index in [2.05, 4.69) is 0 Å². The van der Waals surface area contributed by atoms with E-state index in [1.807, 2.05) is 24.3 Å². The van der Waals surface area contributed by atoms with Crippen molar-refractivity contribution in [3.63, 3.8) is 0 Å². The van der Waals surface area contributed by atoms with Crippen LogP contribution in [0.2, 0.25) is 0 Å². The molecule has 1 aromatic rings. The predicted octanol–water partition coefficient (Wildman–Crippen LogP) is 1.06. The molecular weight excluding hydrogens is 206 g/mol. The molecule has 1 amide bonds. The molecule has 0 bridgehead atoms. The molecule has 1 fully saturated rings. The van der Waals surface area contributed by atoms with Gasteiger partial charge in [0.1, 0.15) is 6.10 Å². The van der Waals surface area contributed by atoms with Gasteiger partial charge in [0.15, 0.2) is 11.5 Å². The fourth-order valence-electron chi connectivity index (χ4n) is 2.15. The molecular formula is C12H13NO3. The second-order valence-corrected chi connectivity index (χ2v) is 4.19. The van der Waals surface area contributed by atoms with Crippen LogP contribution in [-0.2, 0) is 4.79 Å². The van der Waals surface area contributed by atoms with Gasteiger partial charge in [0.25, 0.3) is 5.91 Å². The molecule has 2 atom stereocenters. The van der Waals surface area contributed by atoms with Crippen LogP contribution in [0, 0.1) is 0 Å². The Morgan fingerprint density at radius 1 is 1.25 bits per heavy atom. The zero-order valence-electron chi connectivity index (χ0n) is 9.05. The van der Waals surface area contributed by atoms with Crippen LogP contribution in [0.1, 0.15) is 6.42 Å². The Morgan fingerprint density at radius 3 is 2.69 bits per heavy atom. The maximum Gasteiger partial charge on any atom is 0.267 e. The summed E-state index contributed by atoms with van der Waals surface area (Å²) in [6.07, 6.45) is 0.202. The number of hydrogen-bond donors (Lipinski definition) is 0. The average molecular weight is 219 g/mol. The van der Waals surface area contributed by atoms with Crippen LogP contribution in [0.25, 0.3) is 0 Å². The summed E-state index contributed by atoms with van der Waals surface area (Å²) in [6.45, 7) is 0.728. The van der Waals surface area contributed by atoms with E-state index >= 15 is 0 Å². The van der Waals surface area contributed by atoms with Crippen molar-refractivity contribution in [1.29, 1.82) is 0 Å². The molecule has 0 saturated carbocycles. The summed E-state index contributed by atoms with van der Waals surface area (Å²) in [5.41, 5.74) is 0. The fourth-order valence-corrected chi connectivity index (χ4v) is 2.15. The number of para-hydroxylation sites is 2. The zero-order chi connectivity index (χ0) is 11.1. The summed E-state index contributed by atoms with van der Waals surface area (Å²) in [4.78, 5) is 13.6. The second-order valence-electron chi connectivity index (χ2n) is 4.19. The standard InChI is InChI=1S/C12H13NO3/c1-13-7-6-10-11(12(13)14)16-9-5-3-2-4-8(9)15-10/h2-5,10-11H,6-7H2,1H3. The number of ether oxygens (including phenoxy) is 2. The Hall–Kier alpha value is -1.71. The summed E-state index contributed by atoms with van der Waals surface area (Å²) >= 11 is 0. The fraction of sp³-hybridized carbons (Fsp3) is 0.417. The number of rotatable bonds is 0. The summed E-state index contributed by atoms with van der Waals surface area (Å²) < 4.78 is 11.5. The van der Waals surface area contributed by atoms with E-state index in [0.717, 1.165) is 18.7 Å². The van der Waals surface area contributed by atoms with Crippen molar-refractivity contribution < 1.29 is 14.3 Å². The molecule has 2 aliphatic heterocycles. The lowest BCUT2D eigenvalue weighted by Gasteiger charge is -2.39. The third-order valence-corrected chi connectivity index (χ3v) is 3.09. The number of hydrogen-bond acceptors (Lipinski definition) is 3. The number of likely N-dealkylation sites (tertiary alicyclic amines) is 1. The Kier molecular flexibility index (Phi) is 2.02. The Bertz CT molecular complexity index is 432. The number of nitrogens with zero attached hydrogens (tertiary/aromatic N) is 1. The highest BCUT2D eigenvalue weighted by Crippen LogP contribution is 2.35. The van der Waals surface area contributed by atoms with Crippen molar-refractivity contribution in [3.8, 4) is 11.5 Å². The first-order valence-electron chi connectivity index (χ1n) is 5.43. The van der Waals surface area contributed by atoms with Crippen LogP contribution in [0.5, 0.6) is 11.5 Å². The van der Waals surface area contributed by atoms with Gasteiger partial charge in [-0.2, -0.15) is 0 Å². The van der Waals surface area contributed by atoms with Gasteiger partial charge in [-0.15, -0.1) is 0 Å². The quantitative estimate of drug-likeness (QED) is 0.655. The molecule has 1 saturated heterocycles. The van der Waals surface area contributed by atoms with Gasteiger partial charge < -0.3 is 14.4 Å². The number of carbonyl (C=O) groups is 1. The SMILES string of the molecule is CN1CCC2Oc3ccccc3OC2C1=O. The Balaban J connectivity index is 1.93. The highest BCUT2D eigenvalue weighted by atomic mass is 16.6. The molecule has 2 unspecified atom stereocenters. The topological polar surface area (TPSA) is 38.8 Å². The number of likely N-dealkylation sites (N-methyl/N-ethyl adjacent to an activating group) is 1. The summed E-state index contributed by atoms with van der Waals surface area (Å²) in [5.74, 6) is 1.40. The summed E-state index contributed by atoms with van der Waals surface area (Å²) in [6, 6.07) is 7.47. The molecule has 84 valence electrons. The Morgan fingerprint density at radius 2 is 1.94 bits per heavy atom. The minimum absolute atomic E-state index is 0.00533. The van der Waals surface area contributed by atoms with Gasteiger partial charge in [-0.25, -0.2) is 0 Å². The van der Waals surface area contributed by atoms with E-state index in [1.54, 1.807) is 11.9 Å². The maximum absolute atomic E-state index is 11.9. The predicted molar refractivity (Wildman–Crippen MR) is 57.5 cm³/mol. The molecule has 16 heavy (non-hydrogen) atoms. The first-order chi connectivity index (χ1) is 7.75. The van der Waals surface area contributed by atoms with Gasteiger partial charge in [-0.1, -0.05) is 12.1 Å². The van der Waals surface area contributed by atoms with Crippen molar-refractivity contribution in [2.24, 2.45) is 0 Å². The smallest absolute Gasteiger partial charge is 0.267 e. The average Bonchev–Trinajstić information content (AvgIpc) is 2.32. The van der Waals surface area contributed by atoms with E-state index in [9.17, 15) is 4.79 Å². The largest absolute Gasteiger partial charge is 0.482 e. The molecule has 1 aromatic carbocycles. The molecule has 0 aliphatic carbocycles. The monoisotopic (exact) mass is 219 g/mol. The normalized spacial score (nSPS) is 27.6. The molecule has 3 rings (SSSR count). The number of carbonyl (C=O) groups excluding carboxylic acids is 1. The van der Waals surface area contributed by atoms with Gasteiger partial charge in [0, 0.05) is 20.0 Å². The van der Waals surface area contributed by atoms with Gasteiger partial charge in [0.2, 0.25) is 6.10 Å². The van der Waals surface area contributed by atoms with Crippen molar-refractivity contribution >= 4 is 5.91 Å². The molecule has 0 spiro atoms. The highest BCUT2D eigenvalue weighted by Gasteiger charge is 2.41. The molecule has 4 heteroatoms. The van der Waals surface area contributed by atoms with E-state index in [1.165, 1.54) is 0 Å². The molecule has 2 heterocycles. The second kappa shape index (κ2) is 3.40. The van der Waals surface area contributed by atoms with Gasteiger partial charge in [-0.3, -0.25) is 4.79 Å². The van der Waals surface area contributed by atoms with E-state index < -0.39 is 6.10 Å². The van der Waals surface area contributed by atoms with Crippen LogP contribution in [0.15, 0.2) is 24.3 Å². The zero-order valence-corrected chi connectivity index (χ0v) is 9.05. The van der Waals surface area contributed by atoms with E-state index in [-0.39, 0.29) is 12.0 Å². The van der Waals surface area contributed by atoms with E-state index in [4.69, 9.17) is 9.47 Å². The lowest BCUT2D eigenvalue weighted by atomic mass is 10.0. The van der Waals surface area contributed by atoms with Gasteiger partial charge >= 0.3 is 0 Å². The van der Waals surface area contributed by atoms with Crippen molar-refractivity contribution in [3.05, 3.63) is 24.3 Å². The van der Waals surface area contributed by atoms with Crippen molar-refractivity contribution in [2.45, 2.75) is 18.6 Å². The third kappa shape index (κ3) is 1.33. The highest BCUT2D eigenvalue weighted by molar-refractivity contribution is 5.83. The minimum atomic E-state index is -0.478. The minimum Gasteiger partial charge on any atom is -0.482 e. The number of amides is 1. The summed E-state index contributed by atoms with van der Waals surface area (Å²) in [5, 5.41) is 0. The molecule has 4 nitrogen and oxygen atoms in total. The van der Waals surface area contributed by atoms with E-state index in [0.29, 0.717) is 5.75 Å². The maximum atomic E-state index is 11.9. The lowest BCUT2D eigenvalue weighted by molar-refractivity contribution is -0.149. The van der Waals surface area contributed by atoms with Gasteiger partial charge in [0.05, 0.1) is 0 Å². The Labute approximate surface area is 93.8 Å². The molecule has 0 aromatic heterocycles. The molecule has 0 radical (unpaired) electrons. The first-order valence-corrected chi connectivity index (χ1v) is 5.43. The number of fused-ring (bicyclic) bond motifs is 2. The van der Waals surface area contributed by atoms with Crippen molar-refractivity contribution in [1.82, 2.24) is 4.90 Å². The molecule has 2 aliphatic rings. The van der Waals surface area contributed by atoms with Crippen LogP contribution in [-0.4, -0.2) is 36.6 Å². The van der Waals surface area contributed by atoms with Crippen LogP contribution in [0.4, 0.5) is 0 Å². The third-order valence-electron chi connectivity index (χ3n) is 3.09. The number of benzene rings is 1. The van der Waals surface area contributed by atoms with Crippen LogP contribution < -0.4 is 9.47 Å². The first kappa shape index (κ1) is 9.51.